The van der Waals surface area contributed by atoms with Gasteiger partial charge in [-0.05, 0) is 44.4 Å². The number of ether oxygens (including phenoxy) is 2. The molecule has 2 rings (SSSR count). The molecule has 17 heavy (non-hydrogen) atoms. The van der Waals surface area contributed by atoms with E-state index in [1.54, 1.807) is 6.92 Å². The molecule has 2 saturated heterocycles. The van der Waals surface area contributed by atoms with E-state index in [0.29, 0.717) is 17.6 Å². The van der Waals surface area contributed by atoms with E-state index in [0.717, 1.165) is 51.9 Å². The van der Waals surface area contributed by atoms with Crippen LogP contribution in [0.4, 0.5) is 0 Å². The van der Waals surface area contributed by atoms with Gasteiger partial charge in [0.15, 0.2) is 0 Å². The molecule has 0 radical (unpaired) electrons. The Morgan fingerprint density at radius 1 is 1.35 bits per heavy atom. The van der Waals surface area contributed by atoms with Crippen LogP contribution in [0.1, 0.15) is 46.0 Å². The van der Waals surface area contributed by atoms with Crippen molar-refractivity contribution in [1.82, 2.24) is 0 Å². The van der Waals surface area contributed by atoms with Crippen LogP contribution in [0.15, 0.2) is 0 Å². The maximum atomic E-state index is 11.2. The largest absolute Gasteiger partial charge is 0.381 e. The van der Waals surface area contributed by atoms with E-state index in [-0.39, 0.29) is 5.60 Å². The fraction of sp³-hybridized carbons (Fsp3) is 0.929. The summed E-state index contributed by atoms with van der Waals surface area (Å²) in [6, 6.07) is 0. The minimum atomic E-state index is 0.0617. The van der Waals surface area contributed by atoms with Crippen LogP contribution in [0.2, 0.25) is 0 Å². The number of Topliss-reactive ketones (excluding diaryl/α,β-unsaturated/α-hetero) is 1. The highest BCUT2D eigenvalue weighted by molar-refractivity contribution is 5.75. The Morgan fingerprint density at radius 2 is 2.06 bits per heavy atom. The van der Waals surface area contributed by atoms with Crippen molar-refractivity contribution in [2.45, 2.75) is 51.6 Å². The van der Waals surface area contributed by atoms with Gasteiger partial charge >= 0.3 is 0 Å². The van der Waals surface area contributed by atoms with Gasteiger partial charge in [0.1, 0.15) is 5.78 Å². The van der Waals surface area contributed by atoms with Crippen LogP contribution in [0.3, 0.4) is 0 Å². The number of carbonyl (C=O) groups is 1. The molecular weight excluding hydrogens is 216 g/mol. The van der Waals surface area contributed by atoms with Gasteiger partial charge in [-0.1, -0.05) is 6.92 Å². The van der Waals surface area contributed by atoms with Crippen molar-refractivity contribution in [1.29, 1.82) is 0 Å². The fourth-order valence-corrected chi connectivity index (χ4v) is 3.26. The van der Waals surface area contributed by atoms with Gasteiger partial charge in [-0.3, -0.25) is 0 Å². The molecule has 0 amide bonds. The number of hydrogen-bond donors (Lipinski definition) is 0. The summed E-state index contributed by atoms with van der Waals surface area (Å²) < 4.78 is 11.5. The van der Waals surface area contributed by atoms with Crippen LogP contribution in [0.5, 0.6) is 0 Å². The highest BCUT2D eigenvalue weighted by Crippen LogP contribution is 2.40. The Morgan fingerprint density at radius 3 is 2.71 bits per heavy atom. The first-order valence-corrected chi connectivity index (χ1v) is 6.82. The second-order valence-electron chi connectivity index (χ2n) is 5.78. The Kier molecular flexibility index (Phi) is 4.21. The number of carbonyl (C=O) groups excluding carboxylic acids is 1. The third-order valence-electron chi connectivity index (χ3n) is 4.35. The molecule has 2 fully saturated rings. The average molecular weight is 240 g/mol. The van der Waals surface area contributed by atoms with Crippen LogP contribution >= 0.6 is 0 Å². The lowest BCUT2D eigenvalue weighted by Gasteiger charge is -2.44. The van der Waals surface area contributed by atoms with E-state index in [4.69, 9.17) is 9.47 Å². The van der Waals surface area contributed by atoms with Crippen LogP contribution < -0.4 is 0 Å². The minimum Gasteiger partial charge on any atom is -0.381 e. The first-order chi connectivity index (χ1) is 8.11. The molecule has 0 aromatic rings. The SMILES string of the molecule is CC(=O)CC(C)C1CCOC2(CCOCC2)C1. The minimum absolute atomic E-state index is 0.0617. The second-order valence-corrected chi connectivity index (χ2v) is 5.78. The maximum absolute atomic E-state index is 11.2. The van der Waals surface area contributed by atoms with Crippen LogP contribution in [0.25, 0.3) is 0 Å². The second kappa shape index (κ2) is 5.49. The van der Waals surface area contributed by atoms with Crippen molar-refractivity contribution in [3.8, 4) is 0 Å². The molecular formula is C14H24O3. The molecule has 0 saturated carbocycles. The van der Waals surface area contributed by atoms with Gasteiger partial charge in [-0.2, -0.15) is 0 Å². The first-order valence-electron chi connectivity index (χ1n) is 6.82. The molecule has 0 aliphatic carbocycles. The predicted octanol–water partition coefficient (Wildman–Crippen LogP) is 2.58. The molecule has 2 heterocycles. The van der Waals surface area contributed by atoms with Gasteiger partial charge in [-0.25, -0.2) is 0 Å². The third-order valence-corrected chi connectivity index (χ3v) is 4.35. The van der Waals surface area contributed by atoms with Crippen molar-refractivity contribution in [2.24, 2.45) is 11.8 Å². The molecule has 0 bridgehead atoms. The predicted molar refractivity (Wildman–Crippen MR) is 65.9 cm³/mol. The summed E-state index contributed by atoms with van der Waals surface area (Å²) >= 11 is 0. The van der Waals surface area contributed by atoms with Gasteiger partial charge in [0, 0.05) is 26.2 Å². The molecule has 98 valence electrons. The van der Waals surface area contributed by atoms with E-state index in [2.05, 4.69) is 6.92 Å². The highest BCUT2D eigenvalue weighted by Gasteiger charge is 2.40. The quantitative estimate of drug-likeness (QED) is 0.760. The molecule has 3 heteroatoms. The summed E-state index contributed by atoms with van der Waals surface area (Å²) in [5.41, 5.74) is 0.0617. The molecule has 0 N–H and O–H groups in total. The zero-order chi connectivity index (χ0) is 12.3. The van der Waals surface area contributed by atoms with E-state index in [1.807, 2.05) is 0 Å². The lowest BCUT2D eigenvalue weighted by molar-refractivity contribution is -0.153. The monoisotopic (exact) mass is 240 g/mol. The van der Waals surface area contributed by atoms with Gasteiger partial charge < -0.3 is 14.3 Å². The molecule has 3 nitrogen and oxygen atoms in total. The Balaban J connectivity index is 1.93. The standard InChI is InChI=1S/C14H24O3/c1-11(9-12(2)15)13-3-6-17-14(10-13)4-7-16-8-5-14/h11,13H,3-10H2,1-2H3. The Labute approximate surface area is 104 Å². The normalized spacial score (nSPS) is 30.1. The van der Waals surface area contributed by atoms with E-state index in [1.165, 1.54) is 0 Å². The van der Waals surface area contributed by atoms with E-state index >= 15 is 0 Å². The van der Waals surface area contributed by atoms with E-state index in [9.17, 15) is 4.79 Å². The first kappa shape index (κ1) is 13.0. The van der Waals surface area contributed by atoms with Crippen LogP contribution in [-0.2, 0) is 14.3 Å². The lowest BCUT2D eigenvalue weighted by atomic mass is 9.75. The molecule has 0 aromatic carbocycles. The summed E-state index contributed by atoms with van der Waals surface area (Å²) in [5.74, 6) is 1.45. The fourth-order valence-electron chi connectivity index (χ4n) is 3.26. The summed E-state index contributed by atoms with van der Waals surface area (Å²) in [6.45, 7) is 6.42. The van der Waals surface area contributed by atoms with E-state index < -0.39 is 0 Å². The van der Waals surface area contributed by atoms with Crippen molar-refractivity contribution in [3.05, 3.63) is 0 Å². The highest BCUT2D eigenvalue weighted by atomic mass is 16.5. The van der Waals surface area contributed by atoms with Crippen molar-refractivity contribution < 1.29 is 14.3 Å². The Bertz CT molecular complexity index is 263. The topological polar surface area (TPSA) is 35.5 Å². The van der Waals surface area contributed by atoms with Crippen molar-refractivity contribution in [3.63, 3.8) is 0 Å². The molecule has 2 unspecified atom stereocenters. The smallest absolute Gasteiger partial charge is 0.130 e. The number of hydrogen-bond acceptors (Lipinski definition) is 3. The van der Waals surface area contributed by atoms with Crippen LogP contribution in [-0.4, -0.2) is 31.2 Å². The zero-order valence-corrected chi connectivity index (χ0v) is 11.0. The molecule has 2 aliphatic heterocycles. The van der Waals surface area contributed by atoms with Gasteiger partial charge in [0.05, 0.1) is 5.60 Å². The molecule has 1 spiro atoms. The van der Waals surface area contributed by atoms with Gasteiger partial charge in [0.25, 0.3) is 0 Å². The molecule has 0 aromatic heterocycles. The molecule has 2 atom stereocenters. The average Bonchev–Trinajstić information content (AvgIpc) is 2.29. The van der Waals surface area contributed by atoms with Gasteiger partial charge in [0.2, 0.25) is 0 Å². The zero-order valence-electron chi connectivity index (χ0n) is 11.0. The van der Waals surface area contributed by atoms with Crippen LogP contribution in [0, 0.1) is 11.8 Å². The molecule has 2 aliphatic rings. The van der Waals surface area contributed by atoms with Crippen molar-refractivity contribution in [2.75, 3.05) is 19.8 Å². The van der Waals surface area contributed by atoms with Gasteiger partial charge in [-0.15, -0.1) is 0 Å². The Hall–Kier alpha value is -0.410. The number of ketones is 1. The summed E-state index contributed by atoms with van der Waals surface area (Å²) in [5, 5.41) is 0. The summed E-state index contributed by atoms with van der Waals surface area (Å²) in [4.78, 5) is 11.2. The number of rotatable bonds is 3. The summed E-state index contributed by atoms with van der Waals surface area (Å²) in [7, 11) is 0. The third kappa shape index (κ3) is 3.29. The van der Waals surface area contributed by atoms with Crippen molar-refractivity contribution >= 4 is 5.78 Å². The lowest BCUT2D eigenvalue weighted by Crippen LogP contribution is -2.45. The maximum Gasteiger partial charge on any atom is 0.130 e. The summed E-state index contributed by atoms with van der Waals surface area (Å²) in [6.07, 6.45) is 4.99.